The molecule has 3 fully saturated rings. The third kappa shape index (κ3) is 1.46. The van der Waals surface area contributed by atoms with Gasteiger partial charge in [0.1, 0.15) is 0 Å². The van der Waals surface area contributed by atoms with Gasteiger partial charge in [-0.2, -0.15) is 0 Å². The van der Waals surface area contributed by atoms with Crippen LogP contribution >= 0.6 is 0 Å². The summed E-state index contributed by atoms with van der Waals surface area (Å²) in [6.45, 7) is 4.50. The average Bonchev–Trinajstić information content (AvgIpc) is 2.68. The Morgan fingerprint density at radius 2 is 1.80 bits per heavy atom. The molecule has 3 saturated carbocycles. The topological polar surface area (TPSA) is 20.2 Å². The van der Waals surface area contributed by atoms with Gasteiger partial charge in [0.05, 0.1) is 6.10 Å². The molecule has 3 aliphatic rings. The van der Waals surface area contributed by atoms with Crippen LogP contribution in [-0.4, -0.2) is 11.2 Å². The maximum atomic E-state index is 10.3. The van der Waals surface area contributed by atoms with Gasteiger partial charge in [-0.3, -0.25) is 0 Å². The van der Waals surface area contributed by atoms with Gasteiger partial charge < -0.3 is 5.11 Å². The summed E-state index contributed by atoms with van der Waals surface area (Å²) in [6.07, 6.45) is 6.73. The van der Waals surface area contributed by atoms with E-state index in [2.05, 4.69) is 13.8 Å². The largest absolute Gasteiger partial charge is 0.393 e. The first-order valence-electron chi connectivity index (χ1n) is 6.90. The molecular weight excluding hydrogens is 184 g/mol. The lowest BCUT2D eigenvalue weighted by Gasteiger charge is -2.18. The maximum absolute atomic E-state index is 10.3. The zero-order valence-electron chi connectivity index (χ0n) is 10.0. The fourth-order valence-corrected chi connectivity index (χ4v) is 4.64. The lowest BCUT2D eigenvalue weighted by atomic mass is 9.92. The molecule has 3 rings (SSSR count). The van der Waals surface area contributed by atoms with Crippen molar-refractivity contribution in [2.45, 2.75) is 52.1 Å². The first-order chi connectivity index (χ1) is 7.22. The maximum Gasteiger partial charge on any atom is 0.0576 e. The lowest BCUT2D eigenvalue weighted by Crippen LogP contribution is -2.18. The van der Waals surface area contributed by atoms with Crippen molar-refractivity contribution in [3.05, 3.63) is 0 Å². The standard InChI is InChI=1S/C14H24O/c1-3-8(2)6-11(15)14-12-9-4-5-10(7-9)13(12)14/h8-15H,3-7H2,1-2H3. The Labute approximate surface area is 93.3 Å². The van der Waals surface area contributed by atoms with Gasteiger partial charge in [0.15, 0.2) is 0 Å². The summed E-state index contributed by atoms with van der Waals surface area (Å²) in [5.41, 5.74) is 0. The van der Waals surface area contributed by atoms with Crippen molar-refractivity contribution in [1.82, 2.24) is 0 Å². The average molecular weight is 208 g/mol. The number of hydrogen-bond acceptors (Lipinski definition) is 1. The van der Waals surface area contributed by atoms with E-state index in [1.54, 1.807) is 0 Å². The molecule has 0 aliphatic heterocycles. The van der Waals surface area contributed by atoms with Crippen LogP contribution in [0.15, 0.2) is 0 Å². The fourth-order valence-electron chi connectivity index (χ4n) is 4.64. The summed E-state index contributed by atoms with van der Waals surface area (Å²) in [7, 11) is 0. The molecule has 2 bridgehead atoms. The van der Waals surface area contributed by atoms with Gasteiger partial charge in [-0.1, -0.05) is 20.3 Å². The second kappa shape index (κ2) is 3.48. The third-order valence-electron chi connectivity index (χ3n) is 5.58. The quantitative estimate of drug-likeness (QED) is 0.753. The van der Waals surface area contributed by atoms with Crippen molar-refractivity contribution < 1.29 is 5.11 Å². The predicted octanol–water partition coefficient (Wildman–Crippen LogP) is 3.08. The Kier molecular flexibility index (Phi) is 2.35. The predicted molar refractivity (Wildman–Crippen MR) is 61.4 cm³/mol. The highest BCUT2D eigenvalue weighted by molar-refractivity contribution is 5.14. The Bertz CT molecular complexity index is 234. The van der Waals surface area contributed by atoms with E-state index >= 15 is 0 Å². The van der Waals surface area contributed by atoms with E-state index in [0.717, 1.165) is 30.1 Å². The van der Waals surface area contributed by atoms with Crippen LogP contribution < -0.4 is 0 Å². The fraction of sp³-hybridized carbons (Fsp3) is 1.00. The smallest absolute Gasteiger partial charge is 0.0576 e. The van der Waals surface area contributed by atoms with Crippen molar-refractivity contribution in [2.24, 2.45) is 35.5 Å². The summed E-state index contributed by atoms with van der Waals surface area (Å²) in [5, 5.41) is 10.3. The van der Waals surface area contributed by atoms with Crippen LogP contribution in [0.1, 0.15) is 46.0 Å². The molecule has 0 amide bonds. The van der Waals surface area contributed by atoms with Crippen molar-refractivity contribution in [3.63, 3.8) is 0 Å². The Balaban J connectivity index is 1.58. The Morgan fingerprint density at radius 1 is 1.20 bits per heavy atom. The van der Waals surface area contributed by atoms with E-state index in [1.807, 2.05) is 0 Å². The number of hydrogen-bond donors (Lipinski definition) is 1. The van der Waals surface area contributed by atoms with Crippen molar-refractivity contribution in [1.29, 1.82) is 0 Å². The van der Waals surface area contributed by atoms with Crippen LogP contribution in [-0.2, 0) is 0 Å². The van der Waals surface area contributed by atoms with Crippen LogP contribution in [0.3, 0.4) is 0 Å². The van der Waals surface area contributed by atoms with E-state index < -0.39 is 0 Å². The Morgan fingerprint density at radius 3 is 2.33 bits per heavy atom. The lowest BCUT2D eigenvalue weighted by molar-refractivity contribution is 0.103. The minimum absolute atomic E-state index is 0.0263. The molecule has 0 aromatic heterocycles. The molecule has 6 atom stereocenters. The highest BCUT2D eigenvalue weighted by Gasteiger charge is 2.66. The van der Waals surface area contributed by atoms with Crippen LogP contribution in [0.4, 0.5) is 0 Å². The zero-order valence-corrected chi connectivity index (χ0v) is 10.0. The van der Waals surface area contributed by atoms with Gasteiger partial charge in [-0.25, -0.2) is 0 Å². The molecule has 0 spiro atoms. The van der Waals surface area contributed by atoms with Gasteiger partial charge in [0.25, 0.3) is 0 Å². The van der Waals surface area contributed by atoms with Gasteiger partial charge in [-0.05, 0) is 61.2 Å². The van der Waals surface area contributed by atoms with Gasteiger partial charge in [0.2, 0.25) is 0 Å². The second-order valence-corrected chi connectivity index (χ2v) is 6.38. The molecule has 1 nitrogen and oxygen atoms in total. The molecule has 1 heteroatoms. The highest BCUT2D eigenvalue weighted by Crippen LogP contribution is 2.70. The molecule has 0 aromatic rings. The van der Waals surface area contributed by atoms with Crippen LogP contribution in [0.2, 0.25) is 0 Å². The van der Waals surface area contributed by atoms with Crippen LogP contribution in [0.5, 0.6) is 0 Å². The first kappa shape index (κ1) is 10.1. The van der Waals surface area contributed by atoms with Crippen LogP contribution in [0, 0.1) is 35.5 Å². The van der Waals surface area contributed by atoms with E-state index in [9.17, 15) is 5.11 Å². The monoisotopic (exact) mass is 208 g/mol. The summed E-state index contributed by atoms with van der Waals surface area (Å²) in [6, 6.07) is 0. The summed E-state index contributed by atoms with van der Waals surface area (Å²) >= 11 is 0. The molecule has 0 heterocycles. The number of rotatable bonds is 4. The summed E-state index contributed by atoms with van der Waals surface area (Å²) in [5.74, 6) is 5.34. The van der Waals surface area contributed by atoms with E-state index in [1.165, 1.54) is 25.7 Å². The highest BCUT2D eigenvalue weighted by atomic mass is 16.3. The van der Waals surface area contributed by atoms with Gasteiger partial charge in [0, 0.05) is 0 Å². The first-order valence-corrected chi connectivity index (χ1v) is 6.90. The third-order valence-corrected chi connectivity index (χ3v) is 5.58. The molecule has 0 radical (unpaired) electrons. The zero-order chi connectivity index (χ0) is 10.6. The van der Waals surface area contributed by atoms with Crippen molar-refractivity contribution in [2.75, 3.05) is 0 Å². The summed E-state index contributed by atoms with van der Waals surface area (Å²) in [4.78, 5) is 0. The van der Waals surface area contributed by atoms with Gasteiger partial charge >= 0.3 is 0 Å². The van der Waals surface area contributed by atoms with Crippen LogP contribution in [0.25, 0.3) is 0 Å². The van der Waals surface area contributed by atoms with E-state index in [4.69, 9.17) is 0 Å². The summed E-state index contributed by atoms with van der Waals surface area (Å²) < 4.78 is 0. The molecule has 0 saturated heterocycles. The minimum atomic E-state index is 0.0263. The number of aliphatic hydroxyl groups is 1. The molecule has 6 unspecified atom stereocenters. The van der Waals surface area contributed by atoms with E-state index in [-0.39, 0.29) is 6.10 Å². The second-order valence-electron chi connectivity index (χ2n) is 6.38. The van der Waals surface area contributed by atoms with E-state index in [0.29, 0.717) is 11.8 Å². The van der Waals surface area contributed by atoms with Gasteiger partial charge in [-0.15, -0.1) is 0 Å². The number of fused-ring (bicyclic) bond motifs is 5. The molecule has 0 aromatic carbocycles. The van der Waals surface area contributed by atoms with Crippen molar-refractivity contribution in [3.8, 4) is 0 Å². The number of aliphatic hydroxyl groups excluding tert-OH is 1. The molecule has 15 heavy (non-hydrogen) atoms. The Hall–Kier alpha value is -0.0400. The SMILES string of the molecule is CCC(C)CC(O)C1C2C3CCC(C3)C12. The van der Waals surface area contributed by atoms with Crippen molar-refractivity contribution >= 4 is 0 Å². The molecular formula is C14H24O. The molecule has 1 N–H and O–H groups in total. The normalized spacial score (nSPS) is 50.2. The molecule has 86 valence electrons. The molecule has 3 aliphatic carbocycles. The minimum Gasteiger partial charge on any atom is -0.393 e.